The van der Waals surface area contributed by atoms with Crippen LogP contribution in [0.3, 0.4) is 0 Å². The number of halogens is 1. The number of rotatable bonds is 4. The van der Waals surface area contributed by atoms with Crippen LogP contribution in [0, 0.1) is 6.92 Å². The minimum Gasteiger partial charge on any atom is -0.397 e. The molecule has 0 aliphatic heterocycles. The number of carbonyl (C=O) groups is 1. The first kappa shape index (κ1) is 15.2. The van der Waals surface area contributed by atoms with Gasteiger partial charge in [0, 0.05) is 17.8 Å². The summed E-state index contributed by atoms with van der Waals surface area (Å²) in [7, 11) is 1.87. The fourth-order valence-electron chi connectivity index (χ4n) is 2.01. The van der Waals surface area contributed by atoms with Gasteiger partial charge in [-0.25, -0.2) is 0 Å². The number of hydrogen-bond acceptors (Lipinski definition) is 3. The normalized spacial score (nSPS) is 10.2. The van der Waals surface area contributed by atoms with E-state index in [0.717, 1.165) is 11.3 Å². The van der Waals surface area contributed by atoms with Gasteiger partial charge in [0.15, 0.2) is 0 Å². The number of likely N-dealkylation sites (N-methyl/N-ethyl adjacent to an activating group) is 1. The second-order valence-corrected chi connectivity index (χ2v) is 5.41. The van der Waals surface area contributed by atoms with E-state index in [-0.39, 0.29) is 12.5 Å². The Balaban J connectivity index is 2.01. The number of anilines is 3. The summed E-state index contributed by atoms with van der Waals surface area (Å²) in [5.74, 6) is -0.131. The van der Waals surface area contributed by atoms with Crippen LogP contribution in [0.5, 0.6) is 0 Å². The van der Waals surface area contributed by atoms with Crippen molar-refractivity contribution in [2.75, 3.05) is 29.5 Å². The molecule has 0 bridgehead atoms. The van der Waals surface area contributed by atoms with Gasteiger partial charge in [0.25, 0.3) is 0 Å². The first-order valence-corrected chi connectivity index (χ1v) is 6.96. The third-order valence-electron chi connectivity index (χ3n) is 3.11. The van der Waals surface area contributed by atoms with E-state index < -0.39 is 0 Å². The van der Waals surface area contributed by atoms with E-state index in [1.807, 2.05) is 43.1 Å². The zero-order chi connectivity index (χ0) is 15.4. The maximum atomic E-state index is 12.1. The Bertz CT molecular complexity index is 658. The maximum absolute atomic E-state index is 12.1. The summed E-state index contributed by atoms with van der Waals surface area (Å²) >= 11 is 5.83. The van der Waals surface area contributed by atoms with E-state index >= 15 is 0 Å². The second kappa shape index (κ2) is 6.50. The molecule has 0 radical (unpaired) electrons. The lowest BCUT2D eigenvalue weighted by Crippen LogP contribution is -2.30. The van der Waals surface area contributed by atoms with Crippen molar-refractivity contribution < 1.29 is 4.79 Å². The smallest absolute Gasteiger partial charge is 0.243 e. The molecule has 0 aliphatic carbocycles. The minimum atomic E-state index is -0.131. The topological polar surface area (TPSA) is 58.4 Å². The van der Waals surface area contributed by atoms with Crippen molar-refractivity contribution in [2.45, 2.75) is 6.92 Å². The third kappa shape index (κ3) is 4.13. The molecule has 21 heavy (non-hydrogen) atoms. The standard InChI is InChI=1S/C16H18ClN3O/c1-11-4-3-5-13(8-11)20(2)10-16(21)19-15-7-6-12(17)9-14(15)18/h3-9H,10,18H2,1-2H3,(H,19,21). The number of carbonyl (C=O) groups excluding carboxylic acids is 1. The molecule has 0 aliphatic rings. The Kier molecular flexibility index (Phi) is 4.70. The third-order valence-corrected chi connectivity index (χ3v) is 3.35. The van der Waals surface area contributed by atoms with Crippen LogP contribution >= 0.6 is 11.6 Å². The summed E-state index contributed by atoms with van der Waals surface area (Å²) in [5.41, 5.74) is 8.99. The predicted octanol–water partition coefficient (Wildman–Crippen LogP) is 3.31. The van der Waals surface area contributed by atoms with Crippen LogP contribution in [0.2, 0.25) is 5.02 Å². The van der Waals surface area contributed by atoms with Gasteiger partial charge in [0.1, 0.15) is 0 Å². The molecule has 0 unspecified atom stereocenters. The molecule has 2 aromatic carbocycles. The average molecular weight is 304 g/mol. The number of nitrogen functional groups attached to an aromatic ring is 1. The predicted molar refractivity (Wildman–Crippen MR) is 88.9 cm³/mol. The number of nitrogens with zero attached hydrogens (tertiary/aromatic N) is 1. The first-order valence-electron chi connectivity index (χ1n) is 6.58. The molecule has 0 saturated carbocycles. The molecule has 1 amide bonds. The lowest BCUT2D eigenvalue weighted by atomic mass is 10.2. The quantitative estimate of drug-likeness (QED) is 0.852. The van der Waals surface area contributed by atoms with Crippen LogP contribution < -0.4 is 16.0 Å². The summed E-state index contributed by atoms with van der Waals surface area (Å²) in [5, 5.41) is 3.33. The molecule has 5 heteroatoms. The number of amides is 1. The number of nitrogens with two attached hydrogens (primary N) is 1. The highest BCUT2D eigenvalue weighted by atomic mass is 35.5. The maximum Gasteiger partial charge on any atom is 0.243 e. The molecule has 2 rings (SSSR count). The largest absolute Gasteiger partial charge is 0.397 e. The van der Waals surface area contributed by atoms with Gasteiger partial charge in [-0.1, -0.05) is 23.7 Å². The molecule has 3 N–H and O–H groups in total. The second-order valence-electron chi connectivity index (χ2n) is 4.97. The number of benzene rings is 2. The molecular weight excluding hydrogens is 286 g/mol. The zero-order valence-electron chi connectivity index (χ0n) is 12.1. The van der Waals surface area contributed by atoms with E-state index in [4.69, 9.17) is 17.3 Å². The number of aryl methyl sites for hydroxylation is 1. The summed E-state index contributed by atoms with van der Waals surface area (Å²) in [6.45, 7) is 2.26. The number of nitrogens with one attached hydrogen (secondary N) is 1. The van der Waals surface area contributed by atoms with Gasteiger partial charge >= 0.3 is 0 Å². The van der Waals surface area contributed by atoms with Gasteiger partial charge in [-0.05, 0) is 42.8 Å². The molecule has 0 saturated heterocycles. The molecule has 2 aromatic rings. The molecule has 0 heterocycles. The Labute approximate surface area is 129 Å². The van der Waals surface area contributed by atoms with Crippen molar-refractivity contribution in [3.8, 4) is 0 Å². The van der Waals surface area contributed by atoms with Crippen molar-refractivity contribution in [1.82, 2.24) is 0 Å². The van der Waals surface area contributed by atoms with Crippen molar-refractivity contribution in [2.24, 2.45) is 0 Å². The van der Waals surface area contributed by atoms with Crippen molar-refractivity contribution in [1.29, 1.82) is 0 Å². The molecular formula is C16H18ClN3O. The van der Waals surface area contributed by atoms with Crippen molar-refractivity contribution in [3.63, 3.8) is 0 Å². The van der Waals surface area contributed by atoms with Crippen LogP contribution in [0.4, 0.5) is 17.1 Å². The van der Waals surface area contributed by atoms with Crippen LogP contribution in [-0.2, 0) is 4.79 Å². The van der Waals surface area contributed by atoms with Gasteiger partial charge < -0.3 is 16.0 Å². The summed E-state index contributed by atoms with van der Waals surface area (Å²) in [4.78, 5) is 14.0. The van der Waals surface area contributed by atoms with Crippen LogP contribution in [0.1, 0.15) is 5.56 Å². The SMILES string of the molecule is Cc1cccc(N(C)CC(=O)Nc2ccc(Cl)cc2N)c1. The Hall–Kier alpha value is -2.20. The Morgan fingerprint density at radius 2 is 2.05 bits per heavy atom. The fourth-order valence-corrected chi connectivity index (χ4v) is 2.19. The Morgan fingerprint density at radius 3 is 2.71 bits per heavy atom. The fraction of sp³-hybridized carbons (Fsp3) is 0.188. The summed E-state index contributed by atoms with van der Waals surface area (Å²) < 4.78 is 0. The molecule has 0 fully saturated rings. The van der Waals surface area contributed by atoms with E-state index in [9.17, 15) is 4.79 Å². The van der Waals surface area contributed by atoms with E-state index in [1.165, 1.54) is 0 Å². The monoisotopic (exact) mass is 303 g/mol. The molecule has 0 atom stereocenters. The van der Waals surface area contributed by atoms with Crippen molar-refractivity contribution in [3.05, 3.63) is 53.1 Å². The van der Waals surface area contributed by atoms with Crippen LogP contribution in [-0.4, -0.2) is 19.5 Å². The van der Waals surface area contributed by atoms with Crippen LogP contribution in [0.25, 0.3) is 0 Å². The van der Waals surface area contributed by atoms with E-state index in [1.54, 1.807) is 18.2 Å². The van der Waals surface area contributed by atoms with Gasteiger partial charge in [-0.3, -0.25) is 4.79 Å². The average Bonchev–Trinajstić information content (AvgIpc) is 2.42. The summed E-state index contributed by atoms with van der Waals surface area (Å²) in [6.07, 6.45) is 0. The van der Waals surface area contributed by atoms with Crippen LogP contribution in [0.15, 0.2) is 42.5 Å². The molecule has 0 aromatic heterocycles. The van der Waals surface area contributed by atoms with Gasteiger partial charge in [-0.2, -0.15) is 0 Å². The van der Waals surface area contributed by atoms with E-state index in [0.29, 0.717) is 16.4 Å². The van der Waals surface area contributed by atoms with Gasteiger partial charge in [0.2, 0.25) is 5.91 Å². The van der Waals surface area contributed by atoms with Gasteiger partial charge in [0.05, 0.1) is 17.9 Å². The van der Waals surface area contributed by atoms with Gasteiger partial charge in [-0.15, -0.1) is 0 Å². The lowest BCUT2D eigenvalue weighted by Gasteiger charge is -2.19. The van der Waals surface area contributed by atoms with E-state index in [2.05, 4.69) is 5.32 Å². The highest BCUT2D eigenvalue weighted by Gasteiger charge is 2.09. The molecule has 4 nitrogen and oxygen atoms in total. The minimum absolute atomic E-state index is 0.131. The summed E-state index contributed by atoms with van der Waals surface area (Å²) in [6, 6.07) is 13.0. The molecule has 0 spiro atoms. The first-order chi connectivity index (χ1) is 9.95. The number of hydrogen-bond donors (Lipinski definition) is 2. The highest BCUT2D eigenvalue weighted by Crippen LogP contribution is 2.22. The zero-order valence-corrected chi connectivity index (χ0v) is 12.8. The van der Waals surface area contributed by atoms with Crippen molar-refractivity contribution >= 4 is 34.6 Å². The Morgan fingerprint density at radius 1 is 1.29 bits per heavy atom. The molecule has 110 valence electrons. The highest BCUT2D eigenvalue weighted by molar-refractivity contribution is 6.31. The lowest BCUT2D eigenvalue weighted by molar-refractivity contribution is -0.114.